The van der Waals surface area contributed by atoms with Crippen molar-refractivity contribution in [3.63, 3.8) is 0 Å². The molecule has 0 saturated carbocycles. The van der Waals surface area contributed by atoms with E-state index in [9.17, 15) is 4.79 Å². The van der Waals surface area contributed by atoms with Crippen molar-refractivity contribution in [2.75, 3.05) is 13.1 Å². The van der Waals surface area contributed by atoms with Crippen LogP contribution in [0.5, 0.6) is 0 Å². The van der Waals surface area contributed by atoms with E-state index in [-0.39, 0.29) is 5.78 Å². The van der Waals surface area contributed by atoms with Crippen LogP contribution in [0.2, 0.25) is 0 Å². The Bertz CT molecular complexity index is 389. The third kappa shape index (κ3) is 2.69. The normalized spacial score (nSPS) is 15.9. The van der Waals surface area contributed by atoms with Gasteiger partial charge in [-0.05, 0) is 19.8 Å². The van der Waals surface area contributed by atoms with E-state index in [1.165, 1.54) is 19.1 Å². The highest BCUT2D eigenvalue weighted by Gasteiger charge is 2.08. The molecule has 0 radical (unpaired) electrons. The first-order valence-electron chi connectivity index (χ1n) is 5.65. The van der Waals surface area contributed by atoms with Crippen LogP contribution in [-0.2, 0) is 0 Å². The average molecular weight is 216 g/mol. The lowest BCUT2D eigenvalue weighted by Crippen LogP contribution is -2.13. The van der Waals surface area contributed by atoms with Gasteiger partial charge in [0.1, 0.15) is 0 Å². The second-order valence-corrected chi connectivity index (χ2v) is 4.14. The van der Waals surface area contributed by atoms with Gasteiger partial charge in [-0.25, -0.2) is 0 Å². The minimum Gasteiger partial charge on any atom is -0.297 e. The van der Waals surface area contributed by atoms with Crippen molar-refractivity contribution >= 4 is 12.0 Å². The SMILES string of the molecule is Cc1ccc(C(=O)/C=N/N2CCCC2)cc1. The zero-order valence-electron chi connectivity index (χ0n) is 9.52. The molecule has 0 N–H and O–H groups in total. The highest BCUT2D eigenvalue weighted by Crippen LogP contribution is 2.07. The lowest BCUT2D eigenvalue weighted by atomic mass is 10.1. The molecule has 1 aromatic rings. The number of carbonyl (C=O) groups is 1. The van der Waals surface area contributed by atoms with Crippen molar-refractivity contribution < 1.29 is 4.79 Å². The molecule has 84 valence electrons. The van der Waals surface area contributed by atoms with Crippen molar-refractivity contribution in [3.05, 3.63) is 35.4 Å². The quantitative estimate of drug-likeness (QED) is 0.573. The van der Waals surface area contributed by atoms with Gasteiger partial charge in [0.05, 0.1) is 6.21 Å². The van der Waals surface area contributed by atoms with E-state index in [0.717, 1.165) is 18.7 Å². The van der Waals surface area contributed by atoms with E-state index in [4.69, 9.17) is 0 Å². The lowest BCUT2D eigenvalue weighted by Gasteiger charge is -2.08. The van der Waals surface area contributed by atoms with Crippen LogP contribution in [0, 0.1) is 6.92 Å². The first-order valence-corrected chi connectivity index (χ1v) is 5.65. The lowest BCUT2D eigenvalue weighted by molar-refractivity contribution is 0.106. The monoisotopic (exact) mass is 216 g/mol. The summed E-state index contributed by atoms with van der Waals surface area (Å²) in [6.45, 7) is 3.95. The van der Waals surface area contributed by atoms with Gasteiger partial charge in [0, 0.05) is 18.7 Å². The van der Waals surface area contributed by atoms with Gasteiger partial charge in [-0.15, -0.1) is 0 Å². The Balaban J connectivity index is 1.99. The maximum Gasteiger partial charge on any atom is 0.205 e. The summed E-state index contributed by atoms with van der Waals surface area (Å²) in [6, 6.07) is 7.56. The molecule has 2 rings (SSSR count). The molecule has 0 atom stereocenters. The Kier molecular flexibility index (Phi) is 3.34. The molecule has 0 unspecified atom stereocenters. The first kappa shape index (κ1) is 10.9. The zero-order valence-corrected chi connectivity index (χ0v) is 9.52. The second-order valence-electron chi connectivity index (χ2n) is 4.14. The molecule has 0 aliphatic carbocycles. The van der Waals surface area contributed by atoms with E-state index in [1.807, 2.05) is 36.2 Å². The van der Waals surface area contributed by atoms with Crippen molar-refractivity contribution in [1.82, 2.24) is 5.01 Å². The van der Waals surface area contributed by atoms with Gasteiger partial charge in [-0.1, -0.05) is 29.8 Å². The Morgan fingerprint density at radius 2 is 1.88 bits per heavy atom. The van der Waals surface area contributed by atoms with Crippen LogP contribution in [0.25, 0.3) is 0 Å². The number of hydrogen-bond acceptors (Lipinski definition) is 3. The molecule has 1 aliphatic rings. The summed E-state index contributed by atoms with van der Waals surface area (Å²) >= 11 is 0. The summed E-state index contributed by atoms with van der Waals surface area (Å²) in [4.78, 5) is 11.7. The first-order chi connectivity index (χ1) is 7.75. The summed E-state index contributed by atoms with van der Waals surface area (Å²) in [5.41, 5.74) is 1.86. The van der Waals surface area contributed by atoms with Gasteiger partial charge in [0.2, 0.25) is 5.78 Å². The fourth-order valence-corrected chi connectivity index (χ4v) is 1.74. The van der Waals surface area contributed by atoms with Crippen molar-refractivity contribution in [2.45, 2.75) is 19.8 Å². The summed E-state index contributed by atoms with van der Waals surface area (Å²) in [7, 11) is 0. The van der Waals surface area contributed by atoms with Crippen molar-refractivity contribution in [2.24, 2.45) is 5.10 Å². The van der Waals surface area contributed by atoms with Gasteiger partial charge < -0.3 is 0 Å². The third-order valence-corrected chi connectivity index (χ3v) is 2.76. The average Bonchev–Trinajstić information content (AvgIpc) is 2.80. The minimum atomic E-state index is -0.0214. The predicted molar refractivity (Wildman–Crippen MR) is 64.8 cm³/mol. The summed E-state index contributed by atoms with van der Waals surface area (Å²) in [6.07, 6.45) is 3.78. The van der Waals surface area contributed by atoms with Crippen LogP contribution in [0.4, 0.5) is 0 Å². The predicted octanol–water partition coefficient (Wildman–Crippen LogP) is 2.26. The van der Waals surface area contributed by atoms with Gasteiger partial charge >= 0.3 is 0 Å². The second kappa shape index (κ2) is 4.92. The largest absolute Gasteiger partial charge is 0.297 e. The number of benzene rings is 1. The number of nitrogens with zero attached hydrogens (tertiary/aromatic N) is 2. The molecule has 3 heteroatoms. The zero-order chi connectivity index (χ0) is 11.4. The molecule has 1 aromatic carbocycles. The number of aryl methyl sites for hydroxylation is 1. The molecule has 0 bridgehead atoms. The standard InChI is InChI=1S/C13H16N2O/c1-11-4-6-12(7-5-11)13(16)10-14-15-8-2-3-9-15/h4-7,10H,2-3,8-9H2,1H3/b14-10+. The van der Waals surface area contributed by atoms with E-state index >= 15 is 0 Å². The van der Waals surface area contributed by atoms with Crippen molar-refractivity contribution in [3.8, 4) is 0 Å². The van der Waals surface area contributed by atoms with Gasteiger partial charge in [0.25, 0.3) is 0 Å². The molecule has 1 saturated heterocycles. The smallest absolute Gasteiger partial charge is 0.205 e. The summed E-state index contributed by atoms with van der Waals surface area (Å²) < 4.78 is 0. The maximum atomic E-state index is 11.7. The van der Waals surface area contributed by atoms with E-state index in [0.29, 0.717) is 5.56 Å². The fourth-order valence-electron chi connectivity index (χ4n) is 1.74. The number of rotatable bonds is 3. The molecule has 0 aromatic heterocycles. The van der Waals surface area contributed by atoms with Gasteiger partial charge in [0.15, 0.2) is 0 Å². The number of hydrogen-bond donors (Lipinski definition) is 0. The Hall–Kier alpha value is -1.64. The highest BCUT2D eigenvalue weighted by molar-refractivity contribution is 6.35. The van der Waals surface area contributed by atoms with Crippen LogP contribution >= 0.6 is 0 Å². The molecular formula is C13H16N2O. The van der Waals surface area contributed by atoms with Crippen LogP contribution < -0.4 is 0 Å². The molecule has 0 spiro atoms. The van der Waals surface area contributed by atoms with E-state index in [1.54, 1.807) is 0 Å². The molecular weight excluding hydrogens is 200 g/mol. The van der Waals surface area contributed by atoms with Crippen LogP contribution in [0.1, 0.15) is 28.8 Å². The fraction of sp³-hybridized carbons (Fsp3) is 0.385. The number of ketones is 1. The summed E-state index contributed by atoms with van der Waals surface area (Å²) in [5.74, 6) is -0.0214. The van der Waals surface area contributed by atoms with Crippen LogP contribution in [0.15, 0.2) is 29.4 Å². The Morgan fingerprint density at radius 3 is 2.50 bits per heavy atom. The van der Waals surface area contributed by atoms with E-state index in [2.05, 4.69) is 5.10 Å². The molecule has 1 fully saturated rings. The number of carbonyl (C=O) groups excluding carboxylic acids is 1. The summed E-state index contributed by atoms with van der Waals surface area (Å²) in [5, 5.41) is 6.13. The molecule has 3 nitrogen and oxygen atoms in total. The Morgan fingerprint density at radius 1 is 1.25 bits per heavy atom. The van der Waals surface area contributed by atoms with Crippen LogP contribution in [-0.4, -0.2) is 30.1 Å². The Labute approximate surface area is 95.8 Å². The number of hydrazone groups is 1. The molecule has 16 heavy (non-hydrogen) atoms. The van der Waals surface area contributed by atoms with Crippen molar-refractivity contribution in [1.29, 1.82) is 0 Å². The number of Topliss-reactive ketones (excluding diaryl/α,β-unsaturated/α-hetero) is 1. The third-order valence-electron chi connectivity index (χ3n) is 2.76. The topological polar surface area (TPSA) is 32.7 Å². The minimum absolute atomic E-state index is 0.0214. The highest BCUT2D eigenvalue weighted by atomic mass is 16.1. The van der Waals surface area contributed by atoms with Crippen LogP contribution in [0.3, 0.4) is 0 Å². The van der Waals surface area contributed by atoms with Gasteiger partial charge in [-0.3, -0.25) is 9.80 Å². The van der Waals surface area contributed by atoms with E-state index < -0.39 is 0 Å². The van der Waals surface area contributed by atoms with Gasteiger partial charge in [-0.2, -0.15) is 5.10 Å². The molecule has 0 amide bonds. The molecule has 1 aliphatic heterocycles. The maximum absolute atomic E-state index is 11.7. The molecule has 1 heterocycles.